The van der Waals surface area contributed by atoms with Crippen molar-refractivity contribution in [2.45, 2.75) is 8.42 Å². The summed E-state index contributed by atoms with van der Waals surface area (Å²) in [4.78, 5) is 0. The van der Waals surface area contributed by atoms with Gasteiger partial charge in [0.15, 0.2) is 0 Å². The lowest BCUT2D eigenvalue weighted by atomic mass is 10.7. The van der Waals surface area contributed by atoms with E-state index in [2.05, 4.69) is 37.4 Å². The molecule has 0 aliphatic heterocycles. The molecule has 2 aromatic heterocycles. The van der Waals surface area contributed by atoms with E-state index in [1.54, 1.807) is 22.7 Å². The molecule has 0 aliphatic rings. The predicted molar refractivity (Wildman–Crippen MR) is 70.7 cm³/mol. The van der Waals surface area contributed by atoms with E-state index in [0.717, 1.165) is 17.0 Å². The third-order valence-electron chi connectivity index (χ3n) is 1.43. The van der Waals surface area contributed by atoms with Gasteiger partial charge in [-0.05, 0) is 32.8 Å². The van der Waals surface area contributed by atoms with Gasteiger partial charge in [0.25, 0.3) is 0 Å². The van der Waals surface area contributed by atoms with Crippen LogP contribution in [-0.2, 0) is 0 Å². The monoisotopic (exact) mass is 262 g/mol. The van der Waals surface area contributed by atoms with E-state index in [9.17, 15) is 0 Å². The molecule has 0 aliphatic carbocycles. The van der Waals surface area contributed by atoms with Crippen molar-refractivity contribution in [3.8, 4) is 0 Å². The molecule has 2 heterocycles. The van der Waals surface area contributed by atoms with E-state index in [-0.39, 0.29) is 0 Å². The molecule has 13 heavy (non-hydrogen) atoms. The second kappa shape index (κ2) is 4.37. The summed E-state index contributed by atoms with van der Waals surface area (Å²) in [5.41, 5.74) is 0. The average Bonchev–Trinajstić information content (AvgIpc) is 2.62. The van der Waals surface area contributed by atoms with E-state index < -0.39 is 0 Å². The van der Waals surface area contributed by atoms with Gasteiger partial charge in [0.2, 0.25) is 0 Å². The summed E-state index contributed by atoms with van der Waals surface area (Å²) < 4.78 is 4.95. The molecule has 0 saturated carbocycles. The van der Waals surface area contributed by atoms with Crippen LogP contribution in [0.5, 0.6) is 0 Å². The summed E-state index contributed by atoms with van der Waals surface area (Å²) in [6.45, 7) is 0. The van der Waals surface area contributed by atoms with Crippen LogP contribution in [0.2, 0.25) is 0 Å². The minimum atomic E-state index is 0.758. The topological polar surface area (TPSA) is 0 Å². The van der Waals surface area contributed by atoms with Crippen molar-refractivity contribution in [2.75, 3.05) is 0 Å². The number of hydrogen-bond acceptors (Lipinski definition) is 4. The summed E-state index contributed by atoms with van der Waals surface area (Å²) in [6.07, 6.45) is 0. The Morgan fingerprint density at radius 3 is 1.62 bits per heavy atom. The number of thiol groups is 2. The summed E-state index contributed by atoms with van der Waals surface area (Å²) in [7, 11) is 0.758. The second-order valence-electron chi connectivity index (χ2n) is 2.40. The van der Waals surface area contributed by atoms with Crippen LogP contribution in [0.25, 0.3) is 0 Å². The zero-order chi connectivity index (χ0) is 9.26. The second-order valence-corrected chi connectivity index (χ2v) is 8.19. The minimum absolute atomic E-state index is 0.758. The van der Waals surface area contributed by atoms with Crippen LogP contribution in [0.3, 0.4) is 0 Å². The maximum atomic E-state index is 4.29. The van der Waals surface area contributed by atoms with Gasteiger partial charge in [-0.2, -0.15) is 0 Å². The summed E-state index contributed by atoms with van der Waals surface area (Å²) in [5.74, 6) is 0. The average molecular weight is 262 g/mol. The van der Waals surface area contributed by atoms with Crippen molar-refractivity contribution in [3.63, 3.8) is 0 Å². The van der Waals surface area contributed by atoms with Crippen LogP contribution in [0.15, 0.2) is 32.7 Å². The van der Waals surface area contributed by atoms with E-state index >= 15 is 0 Å². The SMILES string of the molecule is Sc1ccc(Pc2ccc(S)s2)s1. The van der Waals surface area contributed by atoms with Crippen LogP contribution in [-0.4, -0.2) is 0 Å². The first kappa shape index (κ1) is 10.1. The molecule has 0 aromatic carbocycles. The Balaban J connectivity index is 2.14. The quantitative estimate of drug-likeness (QED) is 0.603. The summed E-state index contributed by atoms with van der Waals surface area (Å²) in [6, 6.07) is 8.38. The highest BCUT2D eigenvalue weighted by Crippen LogP contribution is 2.24. The lowest BCUT2D eigenvalue weighted by molar-refractivity contribution is 1.77. The van der Waals surface area contributed by atoms with Crippen molar-refractivity contribution in [1.82, 2.24) is 0 Å². The van der Waals surface area contributed by atoms with E-state index in [4.69, 9.17) is 0 Å². The molecule has 0 unspecified atom stereocenters. The number of hydrogen-bond donors (Lipinski definition) is 2. The molecule has 5 heteroatoms. The fraction of sp³-hybridized carbons (Fsp3) is 0. The normalized spacial score (nSPS) is 10.6. The molecule has 2 rings (SSSR count). The Kier molecular flexibility index (Phi) is 3.38. The smallest absolute Gasteiger partial charge is 0.0574 e. The predicted octanol–water partition coefficient (Wildman–Crippen LogP) is 3.02. The van der Waals surface area contributed by atoms with Gasteiger partial charge in [-0.3, -0.25) is 0 Å². The van der Waals surface area contributed by atoms with Crippen molar-refractivity contribution in [2.24, 2.45) is 0 Å². The van der Waals surface area contributed by atoms with E-state index in [1.165, 1.54) is 9.24 Å². The molecule has 0 amide bonds. The van der Waals surface area contributed by atoms with Gasteiger partial charge in [-0.25, -0.2) is 0 Å². The molecule has 0 nitrogen and oxygen atoms in total. The van der Waals surface area contributed by atoms with E-state index in [1.807, 2.05) is 12.1 Å². The van der Waals surface area contributed by atoms with Gasteiger partial charge in [-0.1, -0.05) is 0 Å². The highest BCUT2D eigenvalue weighted by molar-refractivity contribution is 7.84. The molecule has 0 atom stereocenters. The molecular weight excluding hydrogens is 255 g/mol. The zero-order valence-corrected chi connectivity index (χ0v) is 10.9. The van der Waals surface area contributed by atoms with Gasteiger partial charge in [-0.15, -0.1) is 47.9 Å². The molecule has 0 spiro atoms. The van der Waals surface area contributed by atoms with Crippen LogP contribution in [0.4, 0.5) is 0 Å². The summed E-state index contributed by atoms with van der Waals surface area (Å²) >= 11 is 12.1. The van der Waals surface area contributed by atoms with Gasteiger partial charge >= 0.3 is 0 Å². The lowest BCUT2D eigenvalue weighted by Gasteiger charge is -1.91. The molecule has 0 N–H and O–H groups in total. The molecule has 2 aromatic rings. The number of thiophene rings is 2. The lowest BCUT2D eigenvalue weighted by Crippen LogP contribution is -1.92. The van der Waals surface area contributed by atoms with Gasteiger partial charge in [0.1, 0.15) is 0 Å². The highest BCUT2D eigenvalue weighted by atomic mass is 32.2. The minimum Gasteiger partial charge on any atom is -0.133 e. The Bertz CT molecular complexity index is 365. The molecule has 0 saturated heterocycles. The van der Waals surface area contributed by atoms with Crippen LogP contribution >= 0.6 is 56.5 Å². The molecule has 0 bridgehead atoms. The zero-order valence-electron chi connectivity index (χ0n) is 6.52. The molecule has 0 radical (unpaired) electrons. The largest absolute Gasteiger partial charge is 0.133 e. The Morgan fingerprint density at radius 1 is 0.846 bits per heavy atom. The Hall–Kier alpha value is 0.530. The Morgan fingerprint density at radius 2 is 1.31 bits per heavy atom. The van der Waals surface area contributed by atoms with Crippen molar-refractivity contribution >= 4 is 65.7 Å². The van der Waals surface area contributed by atoms with E-state index in [0.29, 0.717) is 0 Å². The maximum Gasteiger partial charge on any atom is 0.0574 e. The van der Waals surface area contributed by atoms with Crippen molar-refractivity contribution < 1.29 is 0 Å². The van der Waals surface area contributed by atoms with Gasteiger partial charge < -0.3 is 0 Å². The van der Waals surface area contributed by atoms with Crippen molar-refractivity contribution in [3.05, 3.63) is 24.3 Å². The van der Waals surface area contributed by atoms with Gasteiger partial charge in [0, 0.05) is 9.24 Å². The van der Waals surface area contributed by atoms with Crippen LogP contribution in [0.1, 0.15) is 0 Å². The van der Waals surface area contributed by atoms with Crippen LogP contribution in [0, 0.1) is 0 Å². The first-order valence-corrected chi connectivity index (χ1v) is 7.11. The first-order chi connectivity index (χ1) is 6.24. The first-order valence-electron chi connectivity index (χ1n) is 3.59. The fourth-order valence-corrected chi connectivity index (χ4v) is 5.66. The molecule has 0 fully saturated rings. The Labute approximate surface area is 98.0 Å². The third kappa shape index (κ3) is 2.74. The van der Waals surface area contributed by atoms with Gasteiger partial charge in [0.05, 0.1) is 8.42 Å². The third-order valence-corrected chi connectivity index (χ3v) is 5.73. The summed E-state index contributed by atoms with van der Waals surface area (Å²) in [5, 5.41) is 0. The van der Waals surface area contributed by atoms with Crippen molar-refractivity contribution in [1.29, 1.82) is 0 Å². The maximum absolute atomic E-state index is 4.29. The highest BCUT2D eigenvalue weighted by Gasteiger charge is 2.01. The number of rotatable bonds is 2. The standard InChI is InChI=1S/C8H7PS4/c10-7-3-1-5(12-7)9-6-2-4-8(11)13-6/h1-4,9-11H. The molecule has 68 valence electrons. The van der Waals surface area contributed by atoms with Crippen LogP contribution < -0.4 is 9.24 Å². The fourth-order valence-electron chi connectivity index (χ4n) is 0.911. The molecular formula is C8H7PS4.